The van der Waals surface area contributed by atoms with Crippen LogP contribution in [-0.4, -0.2) is 50.3 Å². The fraction of sp³-hybridized carbons (Fsp3) is 0.667. The number of aromatic nitrogens is 2. The first-order valence-corrected chi connectivity index (χ1v) is 17.8. The quantitative estimate of drug-likeness (QED) is 0.193. The van der Waals surface area contributed by atoms with Crippen LogP contribution in [0.2, 0.25) is 0 Å². The highest BCUT2D eigenvalue weighted by Gasteiger charge is 2.48. The number of esters is 1. The second kappa shape index (κ2) is 14.7. The molecule has 3 atom stereocenters. The number of carbonyl (C=O) groups excluding carboxylic acids is 1. The van der Waals surface area contributed by atoms with Gasteiger partial charge in [-0.15, -0.1) is 11.8 Å². The lowest BCUT2D eigenvalue weighted by Crippen LogP contribution is -2.48. The Morgan fingerprint density at radius 3 is 2.64 bits per heavy atom. The topological polar surface area (TPSA) is 84.4 Å². The van der Waals surface area contributed by atoms with E-state index in [1.54, 1.807) is 11.8 Å². The van der Waals surface area contributed by atoms with Crippen molar-refractivity contribution in [1.29, 1.82) is 0 Å². The van der Waals surface area contributed by atoms with Crippen molar-refractivity contribution in [2.75, 3.05) is 30.3 Å². The number of unbranched alkanes of at least 4 members (excludes halogenated alkanes) is 1. The van der Waals surface area contributed by atoms with E-state index in [2.05, 4.69) is 47.7 Å². The van der Waals surface area contributed by atoms with E-state index in [-0.39, 0.29) is 22.2 Å². The molecule has 1 spiro atoms. The number of piperidine rings is 1. The Kier molecular flexibility index (Phi) is 11.5. The summed E-state index contributed by atoms with van der Waals surface area (Å²) in [6.07, 6.45) is 9.78. The molecule has 1 aliphatic carbocycles. The van der Waals surface area contributed by atoms with Crippen LogP contribution in [0.25, 0.3) is 0 Å². The first kappa shape index (κ1) is 32.9. The number of aryl methyl sites for hydroxylation is 1. The molecule has 2 aliphatic rings. The highest BCUT2D eigenvalue weighted by Crippen LogP contribution is 2.52. The van der Waals surface area contributed by atoms with E-state index in [1.807, 2.05) is 33.9 Å². The first-order chi connectivity index (χ1) is 20.1. The second-order valence-corrected chi connectivity index (χ2v) is 16.1. The van der Waals surface area contributed by atoms with Crippen LogP contribution < -0.4 is 9.62 Å². The SMILES string of the molecule is CCCCC(CC)COC(=O)CCSc1ncc(N2CCC3(CC2)Cc2ccccc2[C@H]3N[S@](=O)C(C)(C)C)nc1C. The van der Waals surface area contributed by atoms with Gasteiger partial charge in [-0.2, -0.15) is 0 Å². The lowest BCUT2D eigenvalue weighted by Gasteiger charge is -2.44. The third-order valence-electron chi connectivity index (χ3n) is 8.84. The molecule has 0 amide bonds. The number of hydrogen-bond donors (Lipinski definition) is 1. The molecule has 0 bridgehead atoms. The summed E-state index contributed by atoms with van der Waals surface area (Å²) in [5.74, 6) is 1.87. The average Bonchev–Trinajstić information content (AvgIpc) is 3.26. The number of anilines is 1. The third kappa shape index (κ3) is 8.14. The van der Waals surface area contributed by atoms with Crippen LogP contribution in [0, 0.1) is 18.3 Å². The third-order valence-corrected chi connectivity index (χ3v) is 11.5. The Morgan fingerprint density at radius 1 is 1.24 bits per heavy atom. The maximum Gasteiger partial charge on any atom is 0.306 e. The van der Waals surface area contributed by atoms with Gasteiger partial charge in [0.2, 0.25) is 0 Å². The number of ether oxygens (including phenoxy) is 1. The van der Waals surface area contributed by atoms with Gasteiger partial charge in [0.1, 0.15) is 10.8 Å². The fourth-order valence-electron chi connectivity index (χ4n) is 6.07. The predicted octanol–water partition coefficient (Wildman–Crippen LogP) is 6.96. The zero-order valence-electron chi connectivity index (χ0n) is 26.4. The Bertz CT molecular complexity index is 1220. The molecule has 1 unspecified atom stereocenters. The molecule has 232 valence electrons. The van der Waals surface area contributed by atoms with E-state index in [4.69, 9.17) is 14.7 Å². The van der Waals surface area contributed by atoms with E-state index < -0.39 is 11.0 Å². The van der Waals surface area contributed by atoms with Crippen molar-refractivity contribution in [3.63, 3.8) is 0 Å². The van der Waals surface area contributed by atoms with Crippen molar-refractivity contribution in [2.45, 2.75) is 109 Å². The van der Waals surface area contributed by atoms with Crippen molar-refractivity contribution in [1.82, 2.24) is 14.7 Å². The monoisotopic (exact) mass is 614 g/mol. The average molecular weight is 615 g/mol. The molecule has 0 saturated carbocycles. The van der Waals surface area contributed by atoms with Crippen LogP contribution in [-0.2, 0) is 26.9 Å². The normalized spacial score (nSPS) is 19.5. The number of nitrogens with one attached hydrogen (secondary N) is 1. The summed E-state index contributed by atoms with van der Waals surface area (Å²) in [5.41, 5.74) is 3.61. The molecule has 1 aromatic heterocycles. The number of benzene rings is 1. The summed E-state index contributed by atoms with van der Waals surface area (Å²) >= 11 is 1.57. The van der Waals surface area contributed by atoms with Crippen molar-refractivity contribution < 1.29 is 13.7 Å². The molecule has 9 heteroatoms. The number of hydrogen-bond acceptors (Lipinski definition) is 7. The lowest BCUT2D eigenvalue weighted by molar-refractivity contribution is -0.144. The zero-order chi connectivity index (χ0) is 30.3. The highest BCUT2D eigenvalue weighted by molar-refractivity contribution is 7.99. The lowest BCUT2D eigenvalue weighted by atomic mass is 9.73. The van der Waals surface area contributed by atoms with E-state index >= 15 is 0 Å². The molecule has 42 heavy (non-hydrogen) atoms. The standard InChI is InChI=1S/C33H50N4O3S2/c1-7-9-12-25(8-2)23-40-29(38)15-20-41-31-24(3)35-28(22-34-31)37-18-16-33(17-19-37)21-26-13-10-11-14-27(26)30(33)36-42(39)32(4,5)6/h10-11,13-14,22,25,30,36H,7-9,12,15-21,23H2,1-6H3/t25?,30-,42-/m1/s1. The summed E-state index contributed by atoms with van der Waals surface area (Å²) in [7, 11) is -1.14. The number of fused-ring (bicyclic) bond motifs is 1. The highest BCUT2D eigenvalue weighted by atomic mass is 32.2. The van der Waals surface area contributed by atoms with Crippen LogP contribution in [0.5, 0.6) is 0 Å². The first-order valence-electron chi connectivity index (χ1n) is 15.7. The smallest absolute Gasteiger partial charge is 0.306 e. The van der Waals surface area contributed by atoms with Crippen molar-refractivity contribution in [2.24, 2.45) is 11.3 Å². The molecular formula is C33H50N4O3S2. The van der Waals surface area contributed by atoms with Gasteiger partial charge < -0.3 is 9.64 Å². The Balaban J connectivity index is 1.31. The number of thioether (sulfide) groups is 1. The molecule has 2 heterocycles. The minimum atomic E-state index is -1.14. The zero-order valence-corrected chi connectivity index (χ0v) is 28.0. The Labute approximate surface area is 260 Å². The molecule has 7 nitrogen and oxygen atoms in total. The predicted molar refractivity (Wildman–Crippen MR) is 174 cm³/mol. The summed E-state index contributed by atoms with van der Waals surface area (Å²) in [5, 5.41) is 0.870. The van der Waals surface area contributed by atoms with Crippen LogP contribution in [0.3, 0.4) is 0 Å². The van der Waals surface area contributed by atoms with E-state index in [0.717, 1.165) is 61.7 Å². The minimum Gasteiger partial charge on any atom is -0.465 e. The number of nitrogens with zero attached hydrogens (tertiary/aromatic N) is 3. The summed E-state index contributed by atoms with van der Waals surface area (Å²) < 4.78 is 21.9. The summed E-state index contributed by atoms with van der Waals surface area (Å²) in [6, 6.07) is 8.72. The van der Waals surface area contributed by atoms with Gasteiger partial charge in [0.15, 0.2) is 0 Å². The molecule has 1 fully saturated rings. The van der Waals surface area contributed by atoms with Gasteiger partial charge in [-0.25, -0.2) is 18.9 Å². The summed E-state index contributed by atoms with van der Waals surface area (Å²) in [4.78, 5) is 24.3. The molecule has 4 rings (SSSR count). The van der Waals surface area contributed by atoms with Gasteiger partial charge in [-0.05, 0) is 75.8 Å². The van der Waals surface area contributed by atoms with E-state index in [1.165, 1.54) is 24.0 Å². The molecule has 1 aliphatic heterocycles. The maximum absolute atomic E-state index is 13.2. The second-order valence-electron chi connectivity index (χ2n) is 13.0. The van der Waals surface area contributed by atoms with Gasteiger partial charge in [-0.1, -0.05) is 57.4 Å². The van der Waals surface area contributed by atoms with Gasteiger partial charge in [0.25, 0.3) is 0 Å². The fourth-order valence-corrected chi connectivity index (χ4v) is 7.86. The van der Waals surface area contributed by atoms with Gasteiger partial charge >= 0.3 is 5.97 Å². The molecule has 2 aromatic rings. The molecule has 1 aromatic carbocycles. The Hall–Kier alpha value is -1.97. The van der Waals surface area contributed by atoms with Gasteiger partial charge in [0, 0.05) is 18.8 Å². The molecule has 1 N–H and O–H groups in total. The van der Waals surface area contributed by atoms with Crippen LogP contribution in [0.1, 0.15) is 102 Å². The minimum absolute atomic E-state index is 0.0428. The van der Waals surface area contributed by atoms with E-state index in [0.29, 0.717) is 24.7 Å². The van der Waals surface area contributed by atoms with Gasteiger partial charge in [0.05, 0.1) is 46.7 Å². The number of rotatable bonds is 13. The number of carbonyl (C=O) groups is 1. The molecular weight excluding hydrogens is 565 g/mol. The van der Waals surface area contributed by atoms with Crippen LogP contribution >= 0.6 is 11.8 Å². The Morgan fingerprint density at radius 2 is 1.98 bits per heavy atom. The van der Waals surface area contributed by atoms with Crippen molar-refractivity contribution in [3.8, 4) is 0 Å². The maximum atomic E-state index is 13.2. The van der Waals surface area contributed by atoms with Crippen molar-refractivity contribution >= 4 is 34.5 Å². The molecule has 0 radical (unpaired) electrons. The van der Waals surface area contributed by atoms with E-state index in [9.17, 15) is 9.00 Å². The molecule has 1 saturated heterocycles. The summed E-state index contributed by atoms with van der Waals surface area (Å²) in [6.45, 7) is 14.7. The van der Waals surface area contributed by atoms with Crippen LogP contribution in [0.4, 0.5) is 5.82 Å². The largest absolute Gasteiger partial charge is 0.465 e. The van der Waals surface area contributed by atoms with Gasteiger partial charge in [-0.3, -0.25) is 4.79 Å². The van der Waals surface area contributed by atoms with Crippen LogP contribution in [0.15, 0.2) is 35.5 Å². The van der Waals surface area contributed by atoms with Crippen molar-refractivity contribution in [3.05, 3.63) is 47.3 Å².